The monoisotopic (exact) mass is 270 g/mol. The summed E-state index contributed by atoms with van der Waals surface area (Å²) in [6.07, 6.45) is 4.23. The molecule has 1 heterocycles. The number of esters is 1. The van der Waals surface area contributed by atoms with E-state index < -0.39 is 5.41 Å². The third kappa shape index (κ3) is 2.43. The third-order valence-corrected chi connectivity index (χ3v) is 3.80. The molecular weight excluding hydrogens is 248 g/mol. The second-order valence-corrected chi connectivity index (χ2v) is 6.44. The van der Waals surface area contributed by atoms with E-state index in [-0.39, 0.29) is 11.4 Å². The van der Waals surface area contributed by atoms with Gasteiger partial charge in [-0.05, 0) is 36.0 Å². The van der Waals surface area contributed by atoms with E-state index in [1.54, 1.807) is 6.08 Å². The number of rotatable bonds is 3. The molecule has 0 amide bonds. The number of hydrogen-bond acceptors (Lipinski definition) is 2. The Bertz CT molecular complexity index is 558. The summed E-state index contributed by atoms with van der Waals surface area (Å²) in [6.45, 7) is 12.1. The predicted octanol–water partition coefficient (Wildman–Crippen LogP) is 4.26. The average molecular weight is 270 g/mol. The van der Waals surface area contributed by atoms with Crippen molar-refractivity contribution in [2.45, 2.75) is 44.9 Å². The summed E-state index contributed by atoms with van der Waals surface area (Å²) in [6, 6.07) is 8.24. The molecular formula is C18H22O2. The van der Waals surface area contributed by atoms with Crippen molar-refractivity contribution < 1.29 is 9.53 Å². The molecule has 0 aliphatic carbocycles. The lowest BCUT2D eigenvalue weighted by Crippen LogP contribution is -2.30. The van der Waals surface area contributed by atoms with E-state index in [0.29, 0.717) is 12.2 Å². The molecule has 0 spiro atoms. The Balaban J connectivity index is 2.47. The Morgan fingerprint density at radius 3 is 2.25 bits per heavy atom. The molecule has 0 saturated carbocycles. The van der Waals surface area contributed by atoms with Crippen LogP contribution in [0.1, 0.15) is 45.2 Å². The summed E-state index contributed by atoms with van der Waals surface area (Å²) >= 11 is 0. The van der Waals surface area contributed by atoms with Gasteiger partial charge in [-0.25, -0.2) is 0 Å². The lowest BCUT2D eigenvalue weighted by molar-refractivity contribution is -0.141. The summed E-state index contributed by atoms with van der Waals surface area (Å²) in [5.74, 6) is 0.454. The van der Waals surface area contributed by atoms with Gasteiger partial charge >= 0.3 is 5.97 Å². The van der Waals surface area contributed by atoms with Gasteiger partial charge in [0.15, 0.2) is 0 Å². The highest BCUT2D eigenvalue weighted by Crippen LogP contribution is 2.38. The number of hydrogen-bond donors (Lipinski definition) is 0. The van der Waals surface area contributed by atoms with E-state index in [1.807, 2.05) is 25.1 Å². The fraction of sp³-hybridized carbons (Fsp3) is 0.389. The van der Waals surface area contributed by atoms with Crippen LogP contribution in [0.4, 0.5) is 0 Å². The van der Waals surface area contributed by atoms with E-state index in [9.17, 15) is 4.79 Å². The summed E-state index contributed by atoms with van der Waals surface area (Å²) in [4.78, 5) is 12.3. The van der Waals surface area contributed by atoms with Gasteiger partial charge in [0.25, 0.3) is 0 Å². The topological polar surface area (TPSA) is 26.3 Å². The quantitative estimate of drug-likeness (QED) is 0.606. The Hall–Kier alpha value is -1.83. The summed E-state index contributed by atoms with van der Waals surface area (Å²) in [5.41, 5.74) is 1.61. The first-order valence-electron chi connectivity index (χ1n) is 6.93. The molecule has 0 unspecified atom stereocenters. The maximum absolute atomic E-state index is 12.3. The van der Waals surface area contributed by atoms with Crippen molar-refractivity contribution in [3.8, 4) is 0 Å². The molecule has 0 bridgehead atoms. The molecule has 2 rings (SSSR count). The number of ether oxygens (including phenoxy) is 1. The van der Waals surface area contributed by atoms with Crippen LogP contribution in [0.15, 0.2) is 48.8 Å². The van der Waals surface area contributed by atoms with Crippen molar-refractivity contribution >= 4 is 5.97 Å². The van der Waals surface area contributed by atoms with Crippen LogP contribution in [0.3, 0.4) is 0 Å². The average Bonchev–Trinajstić information content (AvgIpc) is 2.65. The van der Waals surface area contributed by atoms with Gasteiger partial charge in [-0.3, -0.25) is 4.79 Å². The summed E-state index contributed by atoms with van der Waals surface area (Å²) in [7, 11) is 0. The first kappa shape index (κ1) is 14.6. The van der Waals surface area contributed by atoms with Gasteiger partial charge in [0.1, 0.15) is 11.2 Å². The van der Waals surface area contributed by atoms with Gasteiger partial charge in [0.2, 0.25) is 0 Å². The Morgan fingerprint density at radius 2 is 1.85 bits per heavy atom. The zero-order valence-corrected chi connectivity index (χ0v) is 12.7. The number of carbonyl (C=O) groups excluding carboxylic acids is 1. The fourth-order valence-corrected chi connectivity index (χ4v) is 2.63. The van der Waals surface area contributed by atoms with Crippen molar-refractivity contribution in [3.05, 3.63) is 59.9 Å². The molecule has 0 fully saturated rings. The summed E-state index contributed by atoms with van der Waals surface area (Å²) < 4.78 is 5.26. The van der Waals surface area contributed by atoms with Crippen LogP contribution in [0, 0.1) is 0 Å². The predicted molar refractivity (Wildman–Crippen MR) is 81.5 cm³/mol. The minimum absolute atomic E-state index is 0.103. The molecule has 2 heteroatoms. The molecule has 0 radical (unpaired) electrons. The van der Waals surface area contributed by atoms with Crippen molar-refractivity contribution in [1.82, 2.24) is 0 Å². The van der Waals surface area contributed by atoms with Crippen molar-refractivity contribution in [2.75, 3.05) is 0 Å². The highest BCUT2D eigenvalue weighted by molar-refractivity contribution is 5.89. The highest BCUT2D eigenvalue weighted by atomic mass is 16.5. The molecule has 1 aromatic rings. The SMILES string of the molecule is C=CC[C@]1(c2ccc(C(C)(C)C)cc2)C=C(C)OC1=O. The number of carbonyl (C=O) groups is 1. The molecule has 106 valence electrons. The van der Waals surface area contributed by atoms with Crippen molar-refractivity contribution in [2.24, 2.45) is 0 Å². The van der Waals surface area contributed by atoms with Crippen molar-refractivity contribution in [3.63, 3.8) is 0 Å². The van der Waals surface area contributed by atoms with E-state index in [2.05, 4.69) is 39.5 Å². The van der Waals surface area contributed by atoms with E-state index in [0.717, 1.165) is 5.56 Å². The lowest BCUT2D eigenvalue weighted by atomic mass is 9.76. The van der Waals surface area contributed by atoms with Gasteiger partial charge in [0, 0.05) is 0 Å². The normalized spacial score (nSPS) is 22.4. The molecule has 2 nitrogen and oxygen atoms in total. The zero-order valence-electron chi connectivity index (χ0n) is 12.7. The van der Waals surface area contributed by atoms with Gasteiger partial charge in [-0.15, -0.1) is 6.58 Å². The Labute approximate surface area is 121 Å². The zero-order chi connectivity index (χ0) is 15.0. The van der Waals surface area contributed by atoms with E-state index in [4.69, 9.17) is 4.74 Å². The molecule has 1 aliphatic heterocycles. The number of cyclic esters (lactones) is 1. The molecule has 0 saturated heterocycles. The lowest BCUT2D eigenvalue weighted by Gasteiger charge is -2.24. The first-order chi connectivity index (χ1) is 9.29. The van der Waals surface area contributed by atoms with Crippen LogP contribution in [-0.2, 0) is 20.4 Å². The van der Waals surface area contributed by atoms with Crippen molar-refractivity contribution in [1.29, 1.82) is 0 Å². The van der Waals surface area contributed by atoms with Gasteiger partial charge in [0.05, 0.1) is 0 Å². The van der Waals surface area contributed by atoms with E-state index in [1.165, 1.54) is 5.56 Å². The van der Waals surface area contributed by atoms with Gasteiger partial charge in [-0.1, -0.05) is 51.1 Å². The maximum Gasteiger partial charge on any atom is 0.325 e. The molecule has 0 aromatic heterocycles. The smallest absolute Gasteiger partial charge is 0.325 e. The second-order valence-electron chi connectivity index (χ2n) is 6.44. The van der Waals surface area contributed by atoms with Crippen LogP contribution < -0.4 is 0 Å². The minimum Gasteiger partial charge on any atom is -0.431 e. The number of benzene rings is 1. The first-order valence-corrected chi connectivity index (χ1v) is 6.93. The molecule has 1 atom stereocenters. The van der Waals surface area contributed by atoms with Crippen LogP contribution in [-0.4, -0.2) is 5.97 Å². The molecule has 0 N–H and O–H groups in total. The number of allylic oxidation sites excluding steroid dienone is 2. The Kier molecular flexibility index (Phi) is 3.59. The van der Waals surface area contributed by atoms with Crippen LogP contribution >= 0.6 is 0 Å². The van der Waals surface area contributed by atoms with Gasteiger partial charge < -0.3 is 4.74 Å². The van der Waals surface area contributed by atoms with Crippen LogP contribution in [0.2, 0.25) is 0 Å². The second kappa shape index (κ2) is 4.93. The van der Waals surface area contributed by atoms with Crippen LogP contribution in [0.5, 0.6) is 0 Å². The Morgan fingerprint density at radius 1 is 1.25 bits per heavy atom. The minimum atomic E-state index is -0.706. The fourth-order valence-electron chi connectivity index (χ4n) is 2.63. The standard InChI is InChI=1S/C18H22O2/c1-6-11-18(12-13(2)20-16(18)19)15-9-7-14(8-10-15)17(3,4)5/h6-10,12H,1,11H2,2-5H3/t18-/m1/s1. The highest BCUT2D eigenvalue weighted by Gasteiger charge is 2.43. The van der Waals surface area contributed by atoms with E-state index >= 15 is 0 Å². The molecule has 20 heavy (non-hydrogen) atoms. The molecule has 1 aliphatic rings. The van der Waals surface area contributed by atoms with Crippen LogP contribution in [0.25, 0.3) is 0 Å². The summed E-state index contributed by atoms with van der Waals surface area (Å²) in [5, 5.41) is 0. The third-order valence-electron chi connectivity index (χ3n) is 3.80. The maximum atomic E-state index is 12.3. The largest absolute Gasteiger partial charge is 0.431 e. The molecule has 1 aromatic carbocycles. The van der Waals surface area contributed by atoms with Gasteiger partial charge in [-0.2, -0.15) is 0 Å².